The average Bonchev–Trinajstić information content (AvgIpc) is 2.67. The van der Waals surface area contributed by atoms with Crippen molar-refractivity contribution in [2.24, 2.45) is 0 Å². The van der Waals surface area contributed by atoms with E-state index in [-0.39, 0.29) is 24.2 Å². The molecule has 3 aromatic rings. The quantitative estimate of drug-likeness (QED) is 0.396. The summed E-state index contributed by atoms with van der Waals surface area (Å²) in [6.07, 6.45) is 3.16. The molecule has 0 aliphatic rings. The molecule has 0 atom stereocenters. The summed E-state index contributed by atoms with van der Waals surface area (Å²) in [6.45, 7) is 6.65. The third kappa shape index (κ3) is 5.84. The molecule has 3 rings (SSSR count). The van der Waals surface area contributed by atoms with Gasteiger partial charge in [0.2, 0.25) is 0 Å². The van der Waals surface area contributed by atoms with Gasteiger partial charge in [-0.25, -0.2) is 0 Å². The Hall–Kier alpha value is -2.32. The van der Waals surface area contributed by atoms with Crippen molar-refractivity contribution in [1.82, 2.24) is 0 Å². The number of allylic oxidation sites excluding steroid dienone is 1. The van der Waals surface area contributed by atoms with Crippen LogP contribution in [-0.4, -0.2) is 32.9 Å². The minimum absolute atomic E-state index is 0.210. The van der Waals surface area contributed by atoms with Crippen molar-refractivity contribution in [2.45, 2.75) is 0 Å². The van der Waals surface area contributed by atoms with Crippen LogP contribution in [0.5, 0.6) is 0 Å². The van der Waals surface area contributed by atoms with Crippen LogP contribution in [0.15, 0.2) is 78.9 Å². The Morgan fingerprint density at radius 3 is 1.45 bits per heavy atom. The van der Waals surface area contributed by atoms with E-state index in [1.807, 2.05) is 0 Å². The van der Waals surface area contributed by atoms with Gasteiger partial charge >= 0.3 is 172 Å². The molecule has 0 nitrogen and oxygen atoms in total. The molecule has 3 aromatic carbocycles. The Labute approximate surface area is 171 Å². The Kier molecular flexibility index (Phi) is 6.65. The molecule has 150 valence electrons. The second-order valence-electron chi connectivity index (χ2n) is 8.47. The van der Waals surface area contributed by atoms with Crippen LogP contribution < -0.4 is 10.9 Å². The fourth-order valence-electron chi connectivity index (χ4n) is 3.32. The zero-order valence-corrected chi connectivity index (χ0v) is 17.9. The summed E-state index contributed by atoms with van der Waals surface area (Å²) in [5.74, 6) is -0.902. The Morgan fingerprint density at radius 1 is 0.690 bits per heavy atom. The minimum atomic E-state index is -1.40. The molecule has 5 heteroatoms. The fourth-order valence-corrected chi connectivity index (χ4v) is 4.16. The van der Waals surface area contributed by atoms with Crippen molar-refractivity contribution < 1.29 is 13.2 Å². The van der Waals surface area contributed by atoms with Crippen LogP contribution in [0.1, 0.15) is 5.56 Å². The van der Waals surface area contributed by atoms with E-state index >= 15 is 0 Å². The van der Waals surface area contributed by atoms with E-state index in [1.165, 1.54) is 36.4 Å². The third-order valence-electron chi connectivity index (χ3n) is 4.83. The zero-order chi connectivity index (χ0) is 21.0. The van der Waals surface area contributed by atoms with Crippen LogP contribution in [0.25, 0.3) is 5.47 Å². The molecule has 0 saturated carbocycles. The van der Waals surface area contributed by atoms with Crippen LogP contribution in [0, 0.1) is 17.5 Å². The average molecular weight is 412 g/mol. The summed E-state index contributed by atoms with van der Waals surface area (Å²) in [6, 6.07) is 19.2. The zero-order valence-electron chi connectivity index (χ0n) is 16.9. The summed E-state index contributed by atoms with van der Waals surface area (Å²) >= 11 is 0. The first kappa shape index (κ1) is 21.4. The predicted molar refractivity (Wildman–Crippen MR) is 123 cm³/mol. The molecule has 0 amide bonds. The molecule has 0 unspecified atom stereocenters. The van der Waals surface area contributed by atoms with Gasteiger partial charge in [0.05, 0.1) is 0 Å². The summed E-state index contributed by atoms with van der Waals surface area (Å²) in [7, 11) is -1.40. The van der Waals surface area contributed by atoms with Crippen molar-refractivity contribution in [3.05, 3.63) is 102 Å². The molecular weight excluding hydrogens is 387 g/mol. The molecule has 29 heavy (non-hydrogen) atoms. The Balaban J connectivity index is 2.19. The molecule has 0 bridgehead atoms. The first-order valence-corrected chi connectivity index (χ1v) is 13.4. The first-order chi connectivity index (χ1) is 13.7. The van der Waals surface area contributed by atoms with Gasteiger partial charge in [-0.3, -0.25) is 0 Å². The molecule has 0 aliphatic carbocycles. The van der Waals surface area contributed by atoms with E-state index in [2.05, 4.69) is 26.1 Å². The maximum absolute atomic E-state index is 13.6. The van der Waals surface area contributed by atoms with Crippen molar-refractivity contribution >= 4 is 30.4 Å². The van der Waals surface area contributed by atoms with Crippen molar-refractivity contribution in [1.29, 1.82) is 0 Å². The topological polar surface area (TPSA) is 0 Å². The molecule has 0 aliphatic heterocycles. The van der Waals surface area contributed by atoms with Crippen LogP contribution in [-0.2, 0) is 0 Å². The van der Waals surface area contributed by atoms with Crippen LogP contribution in [0.2, 0.25) is 0 Å². The van der Waals surface area contributed by atoms with Gasteiger partial charge < -0.3 is 0 Å². The number of rotatable bonds is 6. The molecule has 0 heterocycles. The normalized spacial score (nSPS) is 12.7. The van der Waals surface area contributed by atoms with Crippen LogP contribution in [0.4, 0.5) is 13.2 Å². The molecular formula is C24H25BF3P. The number of halogens is 3. The molecule has 0 spiro atoms. The third-order valence-corrected chi connectivity index (χ3v) is 6.26. The summed E-state index contributed by atoms with van der Waals surface area (Å²) in [4.78, 5) is 0. The number of hydrogen-bond acceptors (Lipinski definition) is 0. The summed E-state index contributed by atoms with van der Waals surface area (Å²) in [5, 5.41) is 0. The SMILES string of the molecule is C[PH](C)(C)C/C=C(\B(c1ccc(F)cc1)c1ccc(F)cc1)c1ccc(F)cc1. The van der Waals surface area contributed by atoms with Crippen molar-refractivity contribution in [2.75, 3.05) is 26.2 Å². The Bertz CT molecular complexity index is 927. The van der Waals surface area contributed by atoms with Gasteiger partial charge in [0.1, 0.15) is 0 Å². The summed E-state index contributed by atoms with van der Waals surface area (Å²) < 4.78 is 40.7. The Morgan fingerprint density at radius 2 is 1.07 bits per heavy atom. The molecule has 0 N–H and O–H groups in total. The van der Waals surface area contributed by atoms with E-state index in [9.17, 15) is 13.2 Å². The van der Waals surface area contributed by atoms with E-state index < -0.39 is 7.26 Å². The van der Waals surface area contributed by atoms with Gasteiger partial charge in [-0.2, -0.15) is 0 Å². The van der Waals surface area contributed by atoms with Gasteiger partial charge in [0, 0.05) is 0 Å². The molecule has 0 radical (unpaired) electrons. The van der Waals surface area contributed by atoms with E-state index in [4.69, 9.17) is 0 Å². The summed E-state index contributed by atoms with van der Waals surface area (Å²) in [5.41, 5.74) is 3.74. The van der Waals surface area contributed by atoms with Gasteiger partial charge in [0.25, 0.3) is 0 Å². The van der Waals surface area contributed by atoms with Crippen molar-refractivity contribution in [3.8, 4) is 0 Å². The van der Waals surface area contributed by atoms with E-state index in [1.54, 1.807) is 36.4 Å². The van der Waals surface area contributed by atoms with Gasteiger partial charge in [-0.05, 0) is 0 Å². The van der Waals surface area contributed by atoms with Gasteiger partial charge in [0.15, 0.2) is 0 Å². The maximum atomic E-state index is 13.6. The van der Waals surface area contributed by atoms with Gasteiger partial charge in [-0.1, -0.05) is 0 Å². The first-order valence-electron chi connectivity index (χ1n) is 9.70. The van der Waals surface area contributed by atoms with Crippen LogP contribution in [0.3, 0.4) is 0 Å². The second-order valence-corrected chi connectivity index (χ2v) is 14.0. The molecule has 0 saturated heterocycles. The monoisotopic (exact) mass is 412 g/mol. The van der Waals surface area contributed by atoms with Crippen molar-refractivity contribution in [3.63, 3.8) is 0 Å². The predicted octanol–water partition coefficient (Wildman–Crippen LogP) is 4.98. The fraction of sp³-hybridized carbons (Fsp3) is 0.167. The standard InChI is InChI=1S/C24H25BF3P/c1-29(2,3)17-16-24(18-4-10-21(26)11-5-18)25(19-6-12-22(27)13-7-19)20-8-14-23(28)15-9-20/h4-16,29H,17H2,1-3H3/b24-16-. The molecule has 0 fully saturated rings. The van der Waals surface area contributed by atoms with Gasteiger partial charge in [-0.15, -0.1) is 0 Å². The number of hydrogen-bond donors (Lipinski definition) is 0. The molecule has 0 aromatic heterocycles. The van der Waals surface area contributed by atoms with E-state index in [0.29, 0.717) is 0 Å². The number of benzene rings is 3. The second kappa shape index (κ2) is 9.01. The van der Waals surface area contributed by atoms with E-state index in [0.717, 1.165) is 28.1 Å². The van der Waals surface area contributed by atoms with Crippen LogP contribution >= 0.6 is 7.26 Å².